The monoisotopic (exact) mass is 285 g/mol. The molecule has 0 unspecified atom stereocenters. The zero-order valence-corrected chi connectivity index (χ0v) is 12.0. The number of carbonyl (C=O) groups excluding carboxylic acids is 1. The number of rotatable bonds is 5. The van der Waals surface area contributed by atoms with Crippen molar-refractivity contribution in [3.63, 3.8) is 0 Å². The summed E-state index contributed by atoms with van der Waals surface area (Å²) in [5.41, 5.74) is 2.78. The Morgan fingerprint density at radius 3 is 2.48 bits per heavy atom. The minimum Gasteiger partial charge on any atom is -0.504 e. The van der Waals surface area contributed by atoms with E-state index in [2.05, 4.69) is 5.32 Å². The van der Waals surface area contributed by atoms with Gasteiger partial charge in [0.25, 0.3) is 0 Å². The minimum absolute atomic E-state index is 0.0261. The van der Waals surface area contributed by atoms with Crippen molar-refractivity contribution < 1.29 is 15.0 Å². The largest absolute Gasteiger partial charge is 0.504 e. The van der Waals surface area contributed by atoms with E-state index in [1.54, 1.807) is 0 Å². The number of phenolic OH excluding ortho intramolecular Hbond substituents is 2. The maximum absolute atomic E-state index is 11.8. The van der Waals surface area contributed by atoms with Gasteiger partial charge in [-0.1, -0.05) is 30.3 Å². The lowest BCUT2D eigenvalue weighted by atomic mass is 10.0. The molecule has 0 spiro atoms. The van der Waals surface area contributed by atoms with Crippen molar-refractivity contribution >= 4 is 5.91 Å². The van der Waals surface area contributed by atoms with Crippen molar-refractivity contribution in [2.75, 3.05) is 6.54 Å². The molecule has 0 aliphatic rings. The van der Waals surface area contributed by atoms with Gasteiger partial charge in [-0.25, -0.2) is 0 Å². The SMILES string of the molecule is Cc1cc(O)c(O)cc1CCNC(=O)Cc1ccccc1. The molecule has 3 N–H and O–H groups in total. The summed E-state index contributed by atoms with van der Waals surface area (Å²) in [6, 6.07) is 12.6. The number of amides is 1. The fourth-order valence-corrected chi connectivity index (χ4v) is 2.17. The van der Waals surface area contributed by atoms with Crippen LogP contribution in [0, 0.1) is 6.92 Å². The topological polar surface area (TPSA) is 69.6 Å². The molecule has 0 aliphatic carbocycles. The molecule has 0 saturated carbocycles. The first-order valence-electron chi connectivity index (χ1n) is 6.88. The van der Waals surface area contributed by atoms with Gasteiger partial charge in [-0.3, -0.25) is 4.79 Å². The molecule has 0 aromatic heterocycles. The van der Waals surface area contributed by atoms with Gasteiger partial charge in [0.05, 0.1) is 6.42 Å². The van der Waals surface area contributed by atoms with E-state index in [-0.39, 0.29) is 17.4 Å². The predicted octanol–water partition coefficient (Wildman–Crippen LogP) is 2.31. The molecule has 4 nitrogen and oxygen atoms in total. The molecule has 0 bridgehead atoms. The van der Waals surface area contributed by atoms with Crippen LogP contribution < -0.4 is 5.32 Å². The number of phenols is 2. The molecule has 4 heteroatoms. The Hall–Kier alpha value is -2.49. The van der Waals surface area contributed by atoms with Gasteiger partial charge < -0.3 is 15.5 Å². The Kier molecular flexibility index (Phi) is 4.82. The molecule has 110 valence electrons. The van der Waals surface area contributed by atoms with Crippen molar-refractivity contribution in [1.29, 1.82) is 0 Å². The number of hydrogen-bond acceptors (Lipinski definition) is 3. The van der Waals surface area contributed by atoms with Crippen LogP contribution in [0.2, 0.25) is 0 Å². The fraction of sp³-hybridized carbons (Fsp3) is 0.235. The Bertz CT molecular complexity index is 623. The van der Waals surface area contributed by atoms with Crippen molar-refractivity contribution in [3.8, 4) is 11.5 Å². The average Bonchev–Trinajstić information content (AvgIpc) is 2.45. The molecule has 1 amide bonds. The van der Waals surface area contributed by atoms with Crippen molar-refractivity contribution in [3.05, 3.63) is 59.2 Å². The second kappa shape index (κ2) is 6.79. The Balaban J connectivity index is 1.84. The Morgan fingerprint density at radius 1 is 1.10 bits per heavy atom. The van der Waals surface area contributed by atoms with E-state index in [0.717, 1.165) is 16.7 Å². The smallest absolute Gasteiger partial charge is 0.224 e. The highest BCUT2D eigenvalue weighted by molar-refractivity contribution is 5.78. The number of benzene rings is 2. The molecule has 0 heterocycles. The van der Waals surface area contributed by atoms with Gasteiger partial charge in [-0.05, 0) is 42.2 Å². The van der Waals surface area contributed by atoms with Crippen LogP contribution in [0.5, 0.6) is 11.5 Å². The van der Waals surface area contributed by atoms with Crippen LogP contribution in [-0.4, -0.2) is 22.7 Å². The Labute approximate surface area is 124 Å². The molecule has 2 rings (SSSR count). The van der Waals surface area contributed by atoms with Crippen molar-refractivity contribution in [2.24, 2.45) is 0 Å². The van der Waals surface area contributed by atoms with Crippen LogP contribution in [0.4, 0.5) is 0 Å². The van der Waals surface area contributed by atoms with Crippen LogP contribution in [0.15, 0.2) is 42.5 Å². The third kappa shape index (κ3) is 4.24. The molecule has 0 saturated heterocycles. The third-order valence-electron chi connectivity index (χ3n) is 3.36. The van der Waals surface area contributed by atoms with Gasteiger partial charge >= 0.3 is 0 Å². The molecular weight excluding hydrogens is 266 g/mol. The first-order valence-corrected chi connectivity index (χ1v) is 6.88. The van der Waals surface area contributed by atoms with E-state index in [9.17, 15) is 15.0 Å². The molecule has 2 aromatic carbocycles. The van der Waals surface area contributed by atoms with Crippen molar-refractivity contribution in [2.45, 2.75) is 19.8 Å². The van der Waals surface area contributed by atoms with Gasteiger partial charge in [-0.2, -0.15) is 0 Å². The molecule has 2 aromatic rings. The average molecular weight is 285 g/mol. The standard InChI is InChI=1S/C17H19NO3/c1-12-9-15(19)16(20)11-14(12)7-8-18-17(21)10-13-5-3-2-4-6-13/h2-6,9,11,19-20H,7-8,10H2,1H3,(H,18,21). The van der Waals surface area contributed by atoms with E-state index in [1.165, 1.54) is 12.1 Å². The fourth-order valence-electron chi connectivity index (χ4n) is 2.17. The number of carbonyl (C=O) groups is 1. The summed E-state index contributed by atoms with van der Waals surface area (Å²) in [4.78, 5) is 11.8. The lowest BCUT2D eigenvalue weighted by Crippen LogP contribution is -2.27. The first kappa shape index (κ1) is 14.9. The highest BCUT2D eigenvalue weighted by Crippen LogP contribution is 2.27. The van der Waals surface area contributed by atoms with Gasteiger partial charge in [0.15, 0.2) is 11.5 Å². The lowest BCUT2D eigenvalue weighted by Gasteiger charge is -2.09. The molecule has 0 atom stereocenters. The second-order valence-electron chi connectivity index (χ2n) is 5.03. The predicted molar refractivity (Wildman–Crippen MR) is 81.4 cm³/mol. The summed E-state index contributed by atoms with van der Waals surface area (Å²) in [6.07, 6.45) is 0.973. The van der Waals surface area contributed by atoms with Gasteiger partial charge in [0.2, 0.25) is 5.91 Å². The summed E-state index contributed by atoms with van der Waals surface area (Å²) in [5, 5.41) is 21.7. The summed E-state index contributed by atoms with van der Waals surface area (Å²) >= 11 is 0. The van der Waals surface area contributed by atoms with E-state index in [1.807, 2.05) is 37.3 Å². The maximum Gasteiger partial charge on any atom is 0.224 e. The minimum atomic E-state index is -0.133. The van der Waals surface area contributed by atoms with Gasteiger partial charge in [0.1, 0.15) is 0 Å². The van der Waals surface area contributed by atoms with E-state index < -0.39 is 0 Å². The highest BCUT2D eigenvalue weighted by atomic mass is 16.3. The van der Waals surface area contributed by atoms with Crippen LogP contribution in [0.3, 0.4) is 0 Å². The van der Waals surface area contributed by atoms with Crippen LogP contribution in [0.25, 0.3) is 0 Å². The van der Waals surface area contributed by atoms with Crippen molar-refractivity contribution in [1.82, 2.24) is 5.32 Å². The lowest BCUT2D eigenvalue weighted by molar-refractivity contribution is -0.120. The number of aryl methyl sites for hydroxylation is 1. The molecule has 0 aliphatic heterocycles. The summed E-state index contributed by atoms with van der Waals surface area (Å²) in [7, 11) is 0. The van der Waals surface area contributed by atoms with Crippen LogP contribution in [0.1, 0.15) is 16.7 Å². The third-order valence-corrected chi connectivity index (χ3v) is 3.36. The van der Waals surface area contributed by atoms with Gasteiger partial charge in [-0.15, -0.1) is 0 Å². The van der Waals surface area contributed by atoms with E-state index in [0.29, 0.717) is 19.4 Å². The molecule has 21 heavy (non-hydrogen) atoms. The molecular formula is C17H19NO3. The second-order valence-corrected chi connectivity index (χ2v) is 5.03. The highest BCUT2D eigenvalue weighted by Gasteiger charge is 2.07. The summed E-state index contributed by atoms with van der Waals surface area (Å²) in [6.45, 7) is 2.36. The summed E-state index contributed by atoms with van der Waals surface area (Å²) in [5.74, 6) is -0.280. The zero-order chi connectivity index (χ0) is 15.2. The first-order chi connectivity index (χ1) is 10.1. The quantitative estimate of drug-likeness (QED) is 0.738. The normalized spacial score (nSPS) is 10.3. The van der Waals surface area contributed by atoms with E-state index in [4.69, 9.17) is 0 Å². The van der Waals surface area contributed by atoms with E-state index >= 15 is 0 Å². The Morgan fingerprint density at radius 2 is 1.76 bits per heavy atom. The number of nitrogens with one attached hydrogen (secondary N) is 1. The molecule has 0 radical (unpaired) electrons. The van der Waals surface area contributed by atoms with Crippen LogP contribution in [-0.2, 0) is 17.6 Å². The number of hydrogen-bond donors (Lipinski definition) is 3. The maximum atomic E-state index is 11.8. The number of aromatic hydroxyl groups is 2. The van der Waals surface area contributed by atoms with Crippen LogP contribution >= 0.6 is 0 Å². The molecule has 0 fully saturated rings. The van der Waals surface area contributed by atoms with Gasteiger partial charge in [0, 0.05) is 6.54 Å². The summed E-state index contributed by atoms with van der Waals surface area (Å²) < 4.78 is 0. The zero-order valence-electron chi connectivity index (χ0n) is 12.0.